The molecule has 0 radical (unpaired) electrons. The Morgan fingerprint density at radius 3 is 2.48 bits per heavy atom. The van der Waals surface area contributed by atoms with E-state index in [-0.39, 0.29) is 17.8 Å². The van der Waals surface area contributed by atoms with Crippen LogP contribution in [0.3, 0.4) is 0 Å². The van der Waals surface area contributed by atoms with Gasteiger partial charge in [-0.15, -0.1) is 13.2 Å². The number of likely N-dealkylation sites (tertiary alicyclic amines) is 1. The van der Waals surface area contributed by atoms with Crippen LogP contribution in [0, 0.1) is 0 Å². The summed E-state index contributed by atoms with van der Waals surface area (Å²) in [6, 6.07) is 13.1. The lowest BCUT2D eigenvalue weighted by atomic mass is 9.96. The van der Waals surface area contributed by atoms with Gasteiger partial charge in [0.05, 0.1) is 11.0 Å². The van der Waals surface area contributed by atoms with Gasteiger partial charge in [-0.05, 0) is 49.6 Å². The third-order valence-electron chi connectivity index (χ3n) is 5.72. The van der Waals surface area contributed by atoms with Crippen LogP contribution in [0.4, 0.5) is 13.2 Å². The van der Waals surface area contributed by atoms with Gasteiger partial charge in [-0.25, -0.2) is 0 Å². The molecule has 2 atom stereocenters. The quantitative estimate of drug-likeness (QED) is 0.636. The molecular formula is C22H22F3N3O3. The summed E-state index contributed by atoms with van der Waals surface area (Å²) in [5.41, 5.74) is 1.03. The lowest BCUT2D eigenvalue weighted by Gasteiger charge is -2.38. The number of hydrogen-bond acceptors (Lipinski definition) is 4. The number of rotatable bonds is 4. The second kappa shape index (κ2) is 8.22. The van der Waals surface area contributed by atoms with Gasteiger partial charge >= 0.3 is 17.5 Å². The molecule has 2 heterocycles. The van der Waals surface area contributed by atoms with E-state index in [1.165, 1.54) is 12.1 Å². The predicted octanol–water partition coefficient (Wildman–Crippen LogP) is 3.81. The zero-order valence-corrected chi connectivity index (χ0v) is 16.9. The Labute approximate surface area is 175 Å². The summed E-state index contributed by atoms with van der Waals surface area (Å²) in [4.78, 5) is 29.6. The molecule has 1 N–H and O–H groups in total. The highest BCUT2D eigenvalue weighted by molar-refractivity contribution is 5.74. The molecule has 1 aromatic heterocycles. The summed E-state index contributed by atoms with van der Waals surface area (Å²) in [7, 11) is 0. The fourth-order valence-electron chi connectivity index (χ4n) is 4.24. The zero-order chi connectivity index (χ0) is 22.2. The maximum absolute atomic E-state index is 12.6. The van der Waals surface area contributed by atoms with Gasteiger partial charge in [0.15, 0.2) is 0 Å². The number of aromatic nitrogens is 2. The number of aromatic amines is 1. The first-order valence-corrected chi connectivity index (χ1v) is 10.0. The number of halogens is 3. The molecule has 1 fully saturated rings. The van der Waals surface area contributed by atoms with Crippen molar-refractivity contribution in [1.29, 1.82) is 0 Å². The Morgan fingerprint density at radius 2 is 1.81 bits per heavy atom. The van der Waals surface area contributed by atoms with E-state index in [1.807, 2.05) is 25.1 Å². The van der Waals surface area contributed by atoms with Crippen LogP contribution in [0.1, 0.15) is 31.4 Å². The maximum atomic E-state index is 12.6. The average Bonchev–Trinajstić information content (AvgIpc) is 2.71. The Kier molecular flexibility index (Phi) is 5.62. The predicted molar refractivity (Wildman–Crippen MR) is 110 cm³/mol. The summed E-state index contributed by atoms with van der Waals surface area (Å²) in [5.74, 6) is -0.247. The summed E-state index contributed by atoms with van der Waals surface area (Å²) >= 11 is 0. The lowest BCUT2D eigenvalue weighted by molar-refractivity contribution is -0.274. The number of piperidine rings is 1. The summed E-state index contributed by atoms with van der Waals surface area (Å²) in [5, 5.41) is 0. The smallest absolute Gasteiger partial charge is 0.406 e. The number of nitrogens with zero attached hydrogens (tertiary/aromatic N) is 2. The molecule has 6 nitrogen and oxygen atoms in total. The van der Waals surface area contributed by atoms with Crippen molar-refractivity contribution in [2.24, 2.45) is 0 Å². The molecule has 0 saturated carbocycles. The highest BCUT2D eigenvalue weighted by atomic mass is 19.4. The van der Waals surface area contributed by atoms with E-state index in [1.54, 1.807) is 22.8 Å². The van der Waals surface area contributed by atoms with Crippen LogP contribution >= 0.6 is 0 Å². The first-order chi connectivity index (χ1) is 14.7. The van der Waals surface area contributed by atoms with Crippen LogP contribution in [0.5, 0.6) is 5.75 Å². The molecule has 2 unspecified atom stereocenters. The SMILES string of the molecule is CC1CC(n2c(=O)c(=O)[nH]c3ccccc32)CCN1Cc1ccc(OC(F)(F)F)cc1. The normalized spacial score (nSPS) is 20.1. The first-order valence-electron chi connectivity index (χ1n) is 10.0. The molecule has 0 bridgehead atoms. The van der Waals surface area contributed by atoms with Crippen LogP contribution in [0.25, 0.3) is 11.0 Å². The third kappa shape index (κ3) is 4.66. The van der Waals surface area contributed by atoms with Crippen LogP contribution in [0.2, 0.25) is 0 Å². The number of H-pyrrole nitrogens is 1. The fraction of sp³-hybridized carbons (Fsp3) is 0.364. The standard InChI is InChI=1S/C22H22F3N3O3/c1-14-12-16(28-19-5-3-2-4-18(19)26-20(29)21(28)30)10-11-27(14)13-15-6-8-17(9-7-15)31-22(23,24)25/h2-9,14,16H,10-13H2,1H3,(H,26,29). The lowest BCUT2D eigenvalue weighted by Crippen LogP contribution is -2.45. The second-order valence-corrected chi connectivity index (χ2v) is 7.84. The minimum Gasteiger partial charge on any atom is -0.406 e. The molecular weight excluding hydrogens is 411 g/mol. The van der Waals surface area contributed by atoms with Gasteiger partial charge in [0.2, 0.25) is 0 Å². The van der Waals surface area contributed by atoms with E-state index in [2.05, 4.69) is 14.6 Å². The Morgan fingerprint density at radius 1 is 1.10 bits per heavy atom. The van der Waals surface area contributed by atoms with Crippen molar-refractivity contribution < 1.29 is 17.9 Å². The zero-order valence-electron chi connectivity index (χ0n) is 16.9. The Balaban J connectivity index is 1.49. The van der Waals surface area contributed by atoms with E-state index in [9.17, 15) is 22.8 Å². The molecule has 164 valence electrons. The number of ether oxygens (including phenoxy) is 1. The van der Waals surface area contributed by atoms with Crippen LogP contribution in [0.15, 0.2) is 58.1 Å². The van der Waals surface area contributed by atoms with Crippen molar-refractivity contribution in [2.45, 2.75) is 44.8 Å². The highest BCUT2D eigenvalue weighted by Gasteiger charge is 2.31. The molecule has 2 aromatic carbocycles. The second-order valence-electron chi connectivity index (χ2n) is 7.84. The number of para-hydroxylation sites is 2. The Bertz CT molecular complexity index is 1180. The molecule has 31 heavy (non-hydrogen) atoms. The number of fused-ring (bicyclic) bond motifs is 1. The molecule has 1 saturated heterocycles. The van der Waals surface area contributed by atoms with Gasteiger partial charge in [0.25, 0.3) is 0 Å². The average molecular weight is 433 g/mol. The van der Waals surface area contributed by atoms with Gasteiger partial charge in [-0.2, -0.15) is 0 Å². The minimum atomic E-state index is -4.71. The van der Waals surface area contributed by atoms with Gasteiger partial charge in [0, 0.05) is 25.2 Å². The van der Waals surface area contributed by atoms with Gasteiger partial charge in [-0.1, -0.05) is 24.3 Å². The molecule has 3 aromatic rings. The van der Waals surface area contributed by atoms with E-state index >= 15 is 0 Å². The largest absolute Gasteiger partial charge is 0.573 e. The van der Waals surface area contributed by atoms with Crippen molar-refractivity contribution in [1.82, 2.24) is 14.5 Å². The number of hydrogen-bond donors (Lipinski definition) is 1. The fourth-order valence-corrected chi connectivity index (χ4v) is 4.24. The Hall–Kier alpha value is -3.07. The third-order valence-corrected chi connectivity index (χ3v) is 5.72. The molecule has 0 aliphatic carbocycles. The topological polar surface area (TPSA) is 67.3 Å². The van der Waals surface area contributed by atoms with E-state index in [4.69, 9.17) is 0 Å². The van der Waals surface area contributed by atoms with E-state index in [0.29, 0.717) is 37.0 Å². The summed E-state index contributed by atoms with van der Waals surface area (Å²) in [6.45, 7) is 3.32. The van der Waals surface area contributed by atoms with Crippen molar-refractivity contribution >= 4 is 11.0 Å². The van der Waals surface area contributed by atoms with E-state index in [0.717, 1.165) is 5.56 Å². The number of nitrogens with one attached hydrogen (secondary N) is 1. The van der Waals surface area contributed by atoms with Crippen molar-refractivity contribution in [3.05, 3.63) is 74.8 Å². The van der Waals surface area contributed by atoms with Crippen LogP contribution in [-0.4, -0.2) is 33.4 Å². The van der Waals surface area contributed by atoms with Gasteiger partial charge < -0.3 is 9.72 Å². The molecule has 0 amide bonds. The summed E-state index contributed by atoms with van der Waals surface area (Å²) < 4.78 is 42.5. The van der Waals surface area contributed by atoms with Crippen molar-refractivity contribution in [3.63, 3.8) is 0 Å². The van der Waals surface area contributed by atoms with Gasteiger partial charge in [0.1, 0.15) is 5.75 Å². The number of alkyl halides is 3. The first kappa shape index (κ1) is 21.2. The monoisotopic (exact) mass is 433 g/mol. The molecule has 9 heteroatoms. The van der Waals surface area contributed by atoms with E-state index < -0.39 is 17.5 Å². The minimum absolute atomic E-state index is 0.103. The van der Waals surface area contributed by atoms with Crippen LogP contribution in [-0.2, 0) is 6.54 Å². The van der Waals surface area contributed by atoms with Crippen molar-refractivity contribution in [3.8, 4) is 5.75 Å². The molecule has 1 aliphatic heterocycles. The number of benzene rings is 2. The highest BCUT2D eigenvalue weighted by Crippen LogP contribution is 2.29. The maximum Gasteiger partial charge on any atom is 0.573 e. The molecule has 0 spiro atoms. The van der Waals surface area contributed by atoms with Crippen molar-refractivity contribution in [2.75, 3.05) is 6.54 Å². The van der Waals surface area contributed by atoms with Crippen LogP contribution < -0.4 is 15.9 Å². The summed E-state index contributed by atoms with van der Waals surface area (Å²) in [6.07, 6.45) is -3.34. The molecule has 4 rings (SSSR count). The van der Waals surface area contributed by atoms with Gasteiger partial charge in [-0.3, -0.25) is 19.1 Å². The molecule has 1 aliphatic rings.